The molecule has 1 aliphatic heterocycles. The van der Waals surface area contributed by atoms with Crippen LogP contribution in [0.3, 0.4) is 0 Å². The lowest BCUT2D eigenvalue weighted by molar-refractivity contribution is -0.150. The van der Waals surface area contributed by atoms with E-state index in [2.05, 4.69) is 0 Å². The van der Waals surface area contributed by atoms with Gasteiger partial charge < -0.3 is 20.1 Å². The topological polar surface area (TPSA) is 87.0 Å². The summed E-state index contributed by atoms with van der Waals surface area (Å²) in [6, 6.07) is 0. The van der Waals surface area contributed by atoms with Crippen LogP contribution in [-0.4, -0.2) is 46.0 Å². The number of ketones is 1. The molecular weight excluding hydrogens is 236 g/mol. The molecule has 0 bridgehead atoms. The third kappa shape index (κ3) is 2.12. The Balaban J connectivity index is 2.32. The van der Waals surface area contributed by atoms with Gasteiger partial charge in [0.1, 0.15) is 5.76 Å². The van der Waals surface area contributed by atoms with Crippen LogP contribution in [0.5, 0.6) is 0 Å². The molecule has 1 aliphatic carbocycles. The highest BCUT2D eigenvalue weighted by Crippen LogP contribution is 2.35. The molecule has 0 aromatic heterocycles. The second-order valence-corrected chi connectivity index (χ2v) is 4.65. The van der Waals surface area contributed by atoms with Crippen LogP contribution in [0, 0.1) is 5.92 Å². The third-order valence-corrected chi connectivity index (χ3v) is 3.31. The fourth-order valence-electron chi connectivity index (χ4n) is 2.12. The van der Waals surface area contributed by atoms with Gasteiger partial charge in [-0.1, -0.05) is 6.08 Å². The fourth-order valence-corrected chi connectivity index (χ4v) is 2.12. The average Bonchev–Trinajstić information content (AvgIpc) is 2.34. The maximum absolute atomic E-state index is 11.7. The van der Waals surface area contributed by atoms with Crippen molar-refractivity contribution in [1.29, 1.82) is 0 Å². The van der Waals surface area contributed by atoms with Crippen LogP contribution in [0.4, 0.5) is 0 Å². The Labute approximate surface area is 105 Å². The van der Waals surface area contributed by atoms with Crippen molar-refractivity contribution in [2.45, 2.75) is 18.6 Å². The first-order chi connectivity index (χ1) is 8.46. The number of carbonyl (C=O) groups excluding carboxylic acids is 1. The van der Waals surface area contributed by atoms with E-state index < -0.39 is 23.4 Å². The largest absolute Gasteiger partial charge is 0.493 e. The Bertz CT molecular complexity index is 444. The van der Waals surface area contributed by atoms with Crippen molar-refractivity contribution >= 4 is 5.78 Å². The molecule has 0 aromatic carbocycles. The van der Waals surface area contributed by atoms with Crippen LogP contribution < -0.4 is 0 Å². The molecule has 3 N–H and O–H groups in total. The lowest BCUT2D eigenvalue weighted by Crippen LogP contribution is -2.54. The highest BCUT2D eigenvalue weighted by Gasteiger charge is 2.47. The molecule has 18 heavy (non-hydrogen) atoms. The molecule has 0 aromatic rings. The smallest absolute Gasteiger partial charge is 0.189 e. The molecule has 0 unspecified atom stereocenters. The van der Waals surface area contributed by atoms with Gasteiger partial charge >= 0.3 is 0 Å². The zero-order valence-electron chi connectivity index (χ0n) is 10.0. The normalized spacial score (nSPS) is 35.9. The minimum Gasteiger partial charge on any atom is -0.493 e. The van der Waals surface area contributed by atoms with E-state index >= 15 is 0 Å². The number of ether oxygens (including phenoxy) is 1. The van der Waals surface area contributed by atoms with Crippen molar-refractivity contribution < 1.29 is 24.9 Å². The van der Waals surface area contributed by atoms with E-state index in [9.17, 15) is 15.0 Å². The van der Waals surface area contributed by atoms with E-state index in [1.807, 2.05) is 0 Å². The summed E-state index contributed by atoms with van der Waals surface area (Å²) >= 11 is 0. The van der Waals surface area contributed by atoms with Crippen LogP contribution >= 0.6 is 0 Å². The van der Waals surface area contributed by atoms with Crippen LogP contribution in [-0.2, 0) is 9.53 Å². The fraction of sp³-hybridized carbons (Fsp3) is 0.462. The first-order valence-corrected chi connectivity index (χ1v) is 5.75. The van der Waals surface area contributed by atoms with Crippen LogP contribution in [0.1, 0.15) is 6.92 Å². The van der Waals surface area contributed by atoms with Gasteiger partial charge in [0.15, 0.2) is 11.4 Å². The summed E-state index contributed by atoms with van der Waals surface area (Å²) in [6.07, 6.45) is 4.91. The SMILES string of the molecule is C[C@@]1(O)C(=O)C=C2C=C(/C=C/CO)OC[C@@H]2[C@H]1O. The van der Waals surface area contributed by atoms with E-state index in [1.165, 1.54) is 19.1 Å². The number of aliphatic hydroxyl groups excluding tert-OH is 2. The summed E-state index contributed by atoms with van der Waals surface area (Å²) in [5.74, 6) is -0.401. The van der Waals surface area contributed by atoms with E-state index in [1.54, 1.807) is 12.2 Å². The number of aliphatic hydroxyl groups is 3. The number of hydrogen-bond acceptors (Lipinski definition) is 5. The molecule has 5 heteroatoms. The van der Waals surface area contributed by atoms with Crippen molar-refractivity contribution in [1.82, 2.24) is 0 Å². The van der Waals surface area contributed by atoms with Gasteiger partial charge in [0, 0.05) is 5.92 Å². The first kappa shape index (κ1) is 13.0. The van der Waals surface area contributed by atoms with Gasteiger partial charge in [-0.2, -0.15) is 0 Å². The Morgan fingerprint density at radius 2 is 2.28 bits per heavy atom. The number of allylic oxidation sites excluding steroid dienone is 2. The van der Waals surface area contributed by atoms with E-state index in [-0.39, 0.29) is 13.2 Å². The van der Waals surface area contributed by atoms with Gasteiger partial charge in [-0.25, -0.2) is 0 Å². The van der Waals surface area contributed by atoms with E-state index in [0.717, 1.165) is 0 Å². The van der Waals surface area contributed by atoms with Crippen molar-refractivity contribution in [2.24, 2.45) is 5.92 Å². The minimum atomic E-state index is -1.76. The number of hydrogen-bond donors (Lipinski definition) is 3. The van der Waals surface area contributed by atoms with Gasteiger partial charge in [-0.3, -0.25) is 4.79 Å². The predicted octanol–water partition coefficient (Wildman–Crippen LogP) is -0.314. The molecule has 3 atom stereocenters. The van der Waals surface area contributed by atoms with Crippen molar-refractivity contribution in [2.75, 3.05) is 13.2 Å². The minimum absolute atomic E-state index is 0.0978. The van der Waals surface area contributed by atoms with E-state index in [0.29, 0.717) is 11.3 Å². The highest BCUT2D eigenvalue weighted by molar-refractivity contribution is 5.99. The summed E-state index contributed by atoms with van der Waals surface area (Å²) in [6.45, 7) is 1.40. The predicted molar refractivity (Wildman–Crippen MR) is 63.5 cm³/mol. The van der Waals surface area contributed by atoms with Gasteiger partial charge in [0.25, 0.3) is 0 Å². The third-order valence-electron chi connectivity index (χ3n) is 3.31. The Hall–Kier alpha value is -1.43. The Kier molecular flexibility index (Phi) is 3.38. The standard InChI is InChI=1S/C13H16O5/c1-13(17)11(15)6-8-5-9(3-2-4-14)18-7-10(8)12(13)16/h2-3,5-6,10,12,14,16-17H,4,7H2,1H3/b3-2+/t10-,12+,13+/m0/s1. The molecular formula is C13H16O5. The van der Waals surface area contributed by atoms with Crippen molar-refractivity contribution in [3.8, 4) is 0 Å². The lowest BCUT2D eigenvalue weighted by atomic mass is 9.75. The molecule has 0 saturated carbocycles. The number of fused-ring (bicyclic) bond motifs is 1. The number of rotatable bonds is 2. The van der Waals surface area contributed by atoms with Crippen molar-refractivity contribution in [3.05, 3.63) is 35.6 Å². The van der Waals surface area contributed by atoms with Gasteiger partial charge in [0.2, 0.25) is 0 Å². The summed E-state index contributed by atoms with van der Waals surface area (Å²) in [4.78, 5) is 11.7. The van der Waals surface area contributed by atoms with Gasteiger partial charge in [-0.15, -0.1) is 0 Å². The van der Waals surface area contributed by atoms with Gasteiger partial charge in [0.05, 0.1) is 19.3 Å². The summed E-state index contributed by atoms with van der Waals surface area (Å²) in [7, 11) is 0. The molecule has 2 rings (SSSR count). The monoisotopic (exact) mass is 252 g/mol. The van der Waals surface area contributed by atoms with Crippen LogP contribution in [0.25, 0.3) is 0 Å². The maximum Gasteiger partial charge on any atom is 0.189 e. The molecule has 0 saturated heterocycles. The van der Waals surface area contributed by atoms with Crippen LogP contribution in [0.2, 0.25) is 0 Å². The molecule has 0 radical (unpaired) electrons. The zero-order chi connectivity index (χ0) is 13.3. The summed E-state index contributed by atoms with van der Waals surface area (Å²) in [5, 5.41) is 28.5. The molecule has 0 fully saturated rings. The number of carbonyl (C=O) groups is 1. The molecule has 98 valence electrons. The quantitative estimate of drug-likeness (QED) is 0.627. The van der Waals surface area contributed by atoms with Gasteiger partial charge in [-0.05, 0) is 30.7 Å². The average molecular weight is 252 g/mol. The molecule has 0 amide bonds. The molecule has 1 heterocycles. The Morgan fingerprint density at radius 1 is 1.56 bits per heavy atom. The van der Waals surface area contributed by atoms with Crippen molar-refractivity contribution in [3.63, 3.8) is 0 Å². The highest BCUT2D eigenvalue weighted by atomic mass is 16.5. The first-order valence-electron chi connectivity index (χ1n) is 5.75. The lowest BCUT2D eigenvalue weighted by Gasteiger charge is -2.39. The maximum atomic E-state index is 11.7. The second kappa shape index (κ2) is 4.68. The summed E-state index contributed by atoms with van der Waals surface area (Å²) < 4.78 is 5.39. The van der Waals surface area contributed by atoms with Crippen LogP contribution in [0.15, 0.2) is 35.6 Å². The molecule has 5 nitrogen and oxygen atoms in total. The van der Waals surface area contributed by atoms with E-state index in [4.69, 9.17) is 9.84 Å². The molecule has 2 aliphatic rings. The Morgan fingerprint density at radius 3 is 2.94 bits per heavy atom. The summed E-state index contributed by atoms with van der Waals surface area (Å²) in [5.41, 5.74) is -1.12. The second-order valence-electron chi connectivity index (χ2n) is 4.65. The zero-order valence-corrected chi connectivity index (χ0v) is 10.0. The molecule has 0 spiro atoms.